The molecule has 12 heteroatoms. The number of carbonyl (C=O) groups is 2. The highest BCUT2D eigenvalue weighted by atomic mass is 32.1. The highest BCUT2D eigenvalue weighted by Crippen LogP contribution is 2.41. The lowest BCUT2D eigenvalue weighted by Crippen LogP contribution is -2.53. The topological polar surface area (TPSA) is 85.7 Å². The van der Waals surface area contributed by atoms with Crippen molar-refractivity contribution < 1.29 is 31.9 Å². The Kier molecular flexibility index (Phi) is 7.14. The molecule has 0 bridgehead atoms. The maximum Gasteiger partial charge on any atom is 0.417 e. The Labute approximate surface area is 203 Å². The number of ether oxygens (including phenoxy) is 1. The van der Waals surface area contributed by atoms with Gasteiger partial charge < -0.3 is 15.0 Å². The van der Waals surface area contributed by atoms with Crippen LogP contribution in [0.15, 0.2) is 36.4 Å². The number of halogens is 4. The zero-order chi connectivity index (χ0) is 26.1. The molecular formula is C23H20F4N4O3S. The number of amides is 2. The van der Waals surface area contributed by atoms with Gasteiger partial charge in [0.1, 0.15) is 11.4 Å². The Hall–Kier alpha value is -3.56. The molecule has 1 fully saturated rings. The van der Waals surface area contributed by atoms with E-state index >= 15 is 0 Å². The van der Waals surface area contributed by atoms with E-state index in [0.29, 0.717) is 6.07 Å². The average molecular weight is 508 g/mol. The highest BCUT2D eigenvalue weighted by molar-refractivity contribution is 7.81. The van der Waals surface area contributed by atoms with Crippen molar-refractivity contribution in [2.45, 2.75) is 25.1 Å². The maximum atomic E-state index is 14.8. The SMILES string of the molecule is CC[C@]1(COC)C(=O)N(c2ccc(C#N)c(C(F)(F)F)c2)C(=S)N1c1ccc(C(=O)NC)c(F)c1. The summed E-state index contributed by atoms with van der Waals surface area (Å²) in [5.41, 5.74) is -3.66. The summed E-state index contributed by atoms with van der Waals surface area (Å²) in [5, 5.41) is 11.2. The van der Waals surface area contributed by atoms with E-state index in [1.54, 1.807) is 6.92 Å². The molecule has 35 heavy (non-hydrogen) atoms. The monoisotopic (exact) mass is 508 g/mol. The molecule has 0 unspecified atom stereocenters. The van der Waals surface area contributed by atoms with Crippen molar-refractivity contribution >= 4 is 40.5 Å². The summed E-state index contributed by atoms with van der Waals surface area (Å²) in [6.07, 6.45) is -4.74. The lowest BCUT2D eigenvalue weighted by atomic mass is 9.94. The van der Waals surface area contributed by atoms with Crippen LogP contribution in [-0.2, 0) is 15.7 Å². The predicted molar refractivity (Wildman–Crippen MR) is 123 cm³/mol. The zero-order valence-electron chi connectivity index (χ0n) is 18.9. The molecule has 1 atom stereocenters. The molecule has 2 amide bonds. The Bertz CT molecular complexity index is 1240. The standard InChI is InChI=1S/C23H20F4N4O3S/c1-4-22(12-34-3)20(33)30(14-6-5-13(11-28)17(9-14)23(25,26)27)21(35)31(22)15-7-8-16(18(24)10-15)19(32)29-2/h5-10H,4,12H2,1-3H3,(H,29,32)/t22-/m0/s1. The van der Waals surface area contributed by atoms with Gasteiger partial charge in [0.05, 0.1) is 35.1 Å². The van der Waals surface area contributed by atoms with Crippen LogP contribution < -0.4 is 15.1 Å². The fourth-order valence-corrected chi connectivity index (χ4v) is 4.47. The summed E-state index contributed by atoms with van der Waals surface area (Å²) in [4.78, 5) is 27.8. The average Bonchev–Trinajstić information content (AvgIpc) is 3.03. The molecule has 2 aromatic rings. The van der Waals surface area contributed by atoms with E-state index in [-0.39, 0.29) is 35.1 Å². The Balaban J connectivity index is 2.20. The minimum atomic E-state index is -4.85. The van der Waals surface area contributed by atoms with E-state index < -0.39 is 40.5 Å². The Morgan fingerprint density at radius 1 is 1.23 bits per heavy atom. The van der Waals surface area contributed by atoms with Gasteiger partial charge in [-0.15, -0.1) is 0 Å². The number of thiocarbonyl (C=S) groups is 1. The van der Waals surface area contributed by atoms with Crippen LogP contribution in [0.25, 0.3) is 0 Å². The van der Waals surface area contributed by atoms with Crippen LogP contribution in [-0.4, -0.2) is 43.2 Å². The van der Waals surface area contributed by atoms with Crippen molar-refractivity contribution in [2.24, 2.45) is 0 Å². The normalized spacial score (nSPS) is 18.1. The first kappa shape index (κ1) is 26.1. The van der Waals surface area contributed by atoms with Gasteiger partial charge in [-0.1, -0.05) is 6.92 Å². The number of anilines is 2. The lowest BCUT2D eigenvalue weighted by molar-refractivity contribution is -0.137. The number of nitriles is 1. The summed E-state index contributed by atoms with van der Waals surface area (Å²) >= 11 is 5.51. The third-order valence-electron chi connectivity index (χ3n) is 5.75. The molecule has 1 N–H and O–H groups in total. The van der Waals surface area contributed by atoms with Gasteiger partial charge in [0, 0.05) is 19.8 Å². The molecule has 0 saturated carbocycles. The molecule has 1 aliphatic rings. The molecule has 1 heterocycles. The van der Waals surface area contributed by atoms with E-state index in [4.69, 9.17) is 22.2 Å². The van der Waals surface area contributed by atoms with Gasteiger partial charge in [-0.25, -0.2) is 4.39 Å². The number of benzene rings is 2. The zero-order valence-corrected chi connectivity index (χ0v) is 19.7. The molecule has 0 aromatic heterocycles. The Morgan fingerprint density at radius 3 is 2.40 bits per heavy atom. The van der Waals surface area contributed by atoms with Crippen molar-refractivity contribution in [3.8, 4) is 6.07 Å². The van der Waals surface area contributed by atoms with E-state index in [9.17, 15) is 27.2 Å². The second kappa shape index (κ2) is 9.59. The van der Waals surface area contributed by atoms with Gasteiger partial charge in [0.25, 0.3) is 11.8 Å². The van der Waals surface area contributed by atoms with Crippen LogP contribution in [0.4, 0.5) is 28.9 Å². The molecule has 0 spiro atoms. The molecule has 0 radical (unpaired) electrons. The quantitative estimate of drug-likeness (QED) is 0.469. The lowest BCUT2D eigenvalue weighted by Gasteiger charge is -2.35. The largest absolute Gasteiger partial charge is 0.417 e. The van der Waals surface area contributed by atoms with Crippen molar-refractivity contribution in [1.29, 1.82) is 5.26 Å². The number of hydrogen-bond donors (Lipinski definition) is 1. The van der Waals surface area contributed by atoms with Gasteiger partial charge in [0.2, 0.25) is 0 Å². The highest BCUT2D eigenvalue weighted by Gasteiger charge is 2.56. The first-order valence-corrected chi connectivity index (χ1v) is 10.7. The summed E-state index contributed by atoms with van der Waals surface area (Å²) < 4.78 is 60.7. The van der Waals surface area contributed by atoms with Gasteiger partial charge in [-0.3, -0.25) is 14.5 Å². The summed E-state index contributed by atoms with van der Waals surface area (Å²) in [7, 11) is 2.68. The van der Waals surface area contributed by atoms with Crippen LogP contribution in [0.2, 0.25) is 0 Å². The van der Waals surface area contributed by atoms with Crippen LogP contribution in [0.3, 0.4) is 0 Å². The van der Waals surface area contributed by atoms with E-state index in [1.165, 1.54) is 43.3 Å². The van der Waals surface area contributed by atoms with Crippen molar-refractivity contribution in [3.63, 3.8) is 0 Å². The van der Waals surface area contributed by atoms with Crippen molar-refractivity contribution in [1.82, 2.24) is 5.32 Å². The maximum absolute atomic E-state index is 14.8. The number of rotatable bonds is 6. The van der Waals surface area contributed by atoms with Crippen LogP contribution >= 0.6 is 12.2 Å². The van der Waals surface area contributed by atoms with Gasteiger partial charge in [-0.05, 0) is 55.0 Å². The third-order valence-corrected chi connectivity index (χ3v) is 6.11. The molecule has 184 valence electrons. The van der Waals surface area contributed by atoms with E-state index in [0.717, 1.165) is 17.0 Å². The number of hydrogen-bond acceptors (Lipinski definition) is 5. The van der Waals surface area contributed by atoms with E-state index in [1.807, 2.05) is 0 Å². The van der Waals surface area contributed by atoms with Gasteiger partial charge in [0.15, 0.2) is 5.11 Å². The smallest absolute Gasteiger partial charge is 0.382 e. The summed E-state index contributed by atoms with van der Waals surface area (Å²) in [5.74, 6) is -2.22. The predicted octanol–water partition coefficient (Wildman–Crippen LogP) is 4.01. The Morgan fingerprint density at radius 2 is 1.89 bits per heavy atom. The fraction of sp³-hybridized carbons (Fsp3) is 0.304. The van der Waals surface area contributed by atoms with Crippen LogP contribution in [0.1, 0.15) is 34.8 Å². The number of carbonyl (C=O) groups excluding carboxylic acids is 2. The molecule has 7 nitrogen and oxygen atoms in total. The van der Waals surface area contributed by atoms with Gasteiger partial charge >= 0.3 is 6.18 Å². The van der Waals surface area contributed by atoms with Crippen LogP contribution in [0.5, 0.6) is 0 Å². The van der Waals surface area contributed by atoms with E-state index in [2.05, 4.69) is 5.32 Å². The first-order valence-electron chi connectivity index (χ1n) is 10.3. The second-order valence-corrected chi connectivity index (χ2v) is 8.02. The molecule has 2 aromatic carbocycles. The number of alkyl halides is 3. The molecule has 1 aliphatic heterocycles. The third kappa shape index (κ3) is 4.33. The fourth-order valence-electron chi connectivity index (χ4n) is 4.00. The minimum Gasteiger partial charge on any atom is -0.382 e. The minimum absolute atomic E-state index is 0.109. The van der Waals surface area contributed by atoms with Crippen molar-refractivity contribution in [2.75, 3.05) is 30.6 Å². The first-order chi connectivity index (χ1) is 16.5. The second-order valence-electron chi connectivity index (χ2n) is 7.66. The summed E-state index contributed by atoms with van der Waals surface area (Å²) in [6, 6.07) is 7.93. The number of methoxy groups -OCH3 is 1. The van der Waals surface area contributed by atoms with Gasteiger partial charge in [-0.2, -0.15) is 18.4 Å². The number of nitrogens with zero attached hydrogens (tertiary/aromatic N) is 3. The number of nitrogens with one attached hydrogen (secondary N) is 1. The van der Waals surface area contributed by atoms with Crippen LogP contribution in [0, 0.1) is 17.1 Å². The molecule has 1 saturated heterocycles. The van der Waals surface area contributed by atoms with Crippen molar-refractivity contribution in [3.05, 3.63) is 58.9 Å². The summed E-state index contributed by atoms with van der Waals surface area (Å²) in [6.45, 7) is 1.45. The molecule has 0 aliphatic carbocycles. The molecule has 3 rings (SSSR count). The molecular weight excluding hydrogens is 488 g/mol.